The fourth-order valence-corrected chi connectivity index (χ4v) is 1.85. The van der Waals surface area contributed by atoms with Gasteiger partial charge in [-0.15, -0.1) is 0 Å². The van der Waals surface area contributed by atoms with Gasteiger partial charge in [0.05, 0.1) is 13.2 Å². The molecule has 0 spiro atoms. The zero-order chi connectivity index (χ0) is 13.0. The first-order valence-corrected chi connectivity index (χ1v) is 5.23. The van der Waals surface area contributed by atoms with E-state index in [1.165, 1.54) is 0 Å². The van der Waals surface area contributed by atoms with Gasteiger partial charge in [0.1, 0.15) is 6.61 Å². The maximum Gasteiger partial charge on any atom is 0.411 e. The highest BCUT2D eigenvalue weighted by Gasteiger charge is 2.33. The minimum Gasteiger partial charge on any atom is -0.396 e. The lowest BCUT2D eigenvalue weighted by Crippen LogP contribution is -2.34. The van der Waals surface area contributed by atoms with Gasteiger partial charge in [0.15, 0.2) is 0 Å². The largest absolute Gasteiger partial charge is 0.411 e. The molecular weight excluding hydrogens is 221 g/mol. The van der Waals surface area contributed by atoms with E-state index in [9.17, 15) is 18.3 Å². The van der Waals surface area contributed by atoms with Crippen molar-refractivity contribution in [3.05, 3.63) is 0 Å². The van der Waals surface area contributed by atoms with Crippen LogP contribution in [0.25, 0.3) is 0 Å². The second-order valence-corrected chi connectivity index (χ2v) is 5.81. The summed E-state index contributed by atoms with van der Waals surface area (Å²) < 4.78 is 40.3. The van der Waals surface area contributed by atoms with Gasteiger partial charge in [-0.3, -0.25) is 0 Å². The minimum atomic E-state index is -4.31. The number of halogens is 3. The maximum atomic E-state index is 11.9. The van der Waals surface area contributed by atoms with Crippen molar-refractivity contribution in [2.75, 3.05) is 19.8 Å². The fourth-order valence-electron chi connectivity index (χ4n) is 1.85. The summed E-state index contributed by atoms with van der Waals surface area (Å²) >= 11 is 0. The molecule has 0 bridgehead atoms. The smallest absolute Gasteiger partial charge is 0.396 e. The third-order valence-electron chi connectivity index (χ3n) is 2.06. The number of hydrogen-bond donors (Lipinski definition) is 1. The third kappa shape index (κ3) is 7.93. The molecule has 0 heterocycles. The summed E-state index contributed by atoms with van der Waals surface area (Å²) in [7, 11) is 0. The molecule has 0 saturated carbocycles. The molecular formula is C11H21F3O2. The van der Waals surface area contributed by atoms with E-state index in [-0.39, 0.29) is 18.6 Å². The van der Waals surface area contributed by atoms with Crippen LogP contribution in [0.3, 0.4) is 0 Å². The van der Waals surface area contributed by atoms with Crippen molar-refractivity contribution in [1.82, 2.24) is 0 Å². The number of aliphatic hydroxyl groups is 1. The standard InChI is InChI=1S/C11H21F3O2/c1-9(2,3)5-10(4,6-15)7-16-8-11(12,13)14/h15H,5-8H2,1-4H3. The van der Waals surface area contributed by atoms with Crippen molar-refractivity contribution in [2.45, 2.75) is 40.3 Å². The highest BCUT2D eigenvalue weighted by Crippen LogP contribution is 2.33. The molecule has 0 radical (unpaired) electrons. The van der Waals surface area contributed by atoms with Crippen LogP contribution in [-0.4, -0.2) is 31.1 Å². The van der Waals surface area contributed by atoms with Gasteiger partial charge in [-0.25, -0.2) is 0 Å². The van der Waals surface area contributed by atoms with Crippen molar-refractivity contribution in [3.8, 4) is 0 Å². The van der Waals surface area contributed by atoms with Crippen LogP contribution in [-0.2, 0) is 4.74 Å². The summed E-state index contributed by atoms with van der Waals surface area (Å²) in [6, 6.07) is 0. The Morgan fingerprint density at radius 1 is 1.00 bits per heavy atom. The molecule has 0 aromatic heterocycles. The van der Waals surface area contributed by atoms with Crippen molar-refractivity contribution in [1.29, 1.82) is 0 Å². The second-order valence-electron chi connectivity index (χ2n) is 5.81. The Morgan fingerprint density at radius 2 is 1.50 bits per heavy atom. The van der Waals surface area contributed by atoms with Crippen molar-refractivity contribution < 1.29 is 23.0 Å². The average Bonchev–Trinajstić information content (AvgIpc) is 1.98. The van der Waals surface area contributed by atoms with Gasteiger partial charge in [0, 0.05) is 5.41 Å². The highest BCUT2D eigenvalue weighted by atomic mass is 19.4. The van der Waals surface area contributed by atoms with Crippen LogP contribution < -0.4 is 0 Å². The summed E-state index contributed by atoms with van der Waals surface area (Å²) in [5, 5.41) is 9.22. The third-order valence-corrected chi connectivity index (χ3v) is 2.06. The first-order valence-electron chi connectivity index (χ1n) is 5.23. The molecule has 0 aromatic carbocycles. The van der Waals surface area contributed by atoms with Crippen molar-refractivity contribution in [3.63, 3.8) is 0 Å². The Kier molecular flexibility index (Phi) is 5.26. The Balaban J connectivity index is 4.18. The summed E-state index contributed by atoms with van der Waals surface area (Å²) in [5.41, 5.74) is -0.678. The van der Waals surface area contributed by atoms with E-state index in [1.807, 2.05) is 20.8 Å². The molecule has 1 unspecified atom stereocenters. The monoisotopic (exact) mass is 242 g/mol. The molecule has 98 valence electrons. The zero-order valence-electron chi connectivity index (χ0n) is 10.3. The molecule has 0 amide bonds. The number of hydrogen-bond acceptors (Lipinski definition) is 2. The zero-order valence-corrected chi connectivity index (χ0v) is 10.3. The van der Waals surface area contributed by atoms with Gasteiger partial charge in [-0.2, -0.15) is 13.2 Å². The highest BCUT2D eigenvalue weighted by molar-refractivity contribution is 4.79. The Labute approximate surface area is 94.8 Å². The first kappa shape index (κ1) is 15.7. The summed E-state index contributed by atoms with van der Waals surface area (Å²) in [5.74, 6) is 0. The van der Waals surface area contributed by atoms with E-state index in [1.54, 1.807) is 6.92 Å². The van der Waals surface area contributed by atoms with Gasteiger partial charge >= 0.3 is 6.18 Å². The summed E-state index contributed by atoms with van der Waals surface area (Å²) in [6.07, 6.45) is -3.70. The fraction of sp³-hybridized carbons (Fsp3) is 1.00. The molecule has 1 N–H and O–H groups in total. The van der Waals surface area contributed by atoms with Gasteiger partial charge in [-0.05, 0) is 11.8 Å². The van der Waals surface area contributed by atoms with Crippen LogP contribution in [0.5, 0.6) is 0 Å². The molecule has 0 aliphatic heterocycles. The molecule has 2 nitrogen and oxygen atoms in total. The lowest BCUT2D eigenvalue weighted by atomic mass is 9.76. The lowest BCUT2D eigenvalue weighted by Gasteiger charge is -2.34. The van der Waals surface area contributed by atoms with Gasteiger partial charge in [0.2, 0.25) is 0 Å². The minimum absolute atomic E-state index is 0.0565. The van der Waals surface area contributed by atoms with E-state index in [2.05, 4.69) is 4.74 Å². The molecule has 1 atom stereocenters. The van der Waals surface area contributed by atoms with Gasteiger partial charge in [0.25, 0.3) is 0 Å². The first-order chi connectivity index (χ1) is 6.97. The lowest BCUT2D eigenvalue weighted by molar-refractivity contribution is -0.183. The molecule has 0 saturated heterocycles. The van der Waals surface area contributed by atoms with E-state index in [0.29, 0.717) is 6.42 Å². The predicted octanol–water partition coefficient (Wildman–Crippen LogP) is 3.00. The Morgan fingerprint density at radius 3 is 1.81 bits per heavy atom. The van der Waals surface area contributed by atoms with Crippen molar-refractivity contribution >= 4 is 0 Å². The van der Waals surface area contributed by atoms with Crippen LogP contribution in [0.4, 0.5) is 13.2 Å². The molecule has 0 aliphatic carbocycles. The normalized spacial score (nSPS) is 17.2. The number of ether oxygens (including phenoxy) is 1. The van der Waals surface area contributed by atoms with Crippen LogP contribution in [0.15, 0.2) is 0 Å². The van der Waals surface area contributed by atoms with Crippen LogP contribution >= 0.6 is 0 Å². The number of rotatable bonds is 5. The Hall–Kier alpha value is -0.290. The predicted molar refractivity (Wildman–Crippen MR) is 56.1 cm³/mol. The molecule has 0 aliphatic rings. The van der Waals surface area contributed by atoms with E-state index >= 15 is 0 Å². The Bertz CT molecular complexity index is 208. The van der Waals surface area contributed by atoms with Gasteiger partial charge < -0.3 is 9.84 Å². The number of alkyl halides is 3. The molecule has 16 heavy (non-hydrogen) atoms. The van der Waals surface area contributed by atoms with E-state index < -0.39 is 18.2 Å². The van der Waals surface area contributed by atoms with E-state index in [0.717, 1.165) is 0 Å². The van der Waals surface area contributed by atoms with Crippen LogP contribution in [0, 0.1) is 10.8 Å². The van der Waals surface area contributed by atoms with E-state index in [4.69, 9.17) is 0 Å². The number of aliphatic hydroxyl groups excluding tert-OH is 1. The van der Waals surface area contributed by atoms with Gasteiger partial charge in [-0.1, -0.05) is 27.7 Å². The van der Waals surface area contributed by atoms with Crippen LogP contribution in [0.2, 0.25) is 0 Å². The molecule has 0 aromatic rings. The second kappa shape index (κ2) is 5.36. The summed E-state index contributed by atoms with van der Waals surface area (Å²) in [6.45, 7) is 6.14. The van der Waals surface area contributed by atoms with Crippen molar-refractivity contribution in [2.24, 2.45) is 10.8 Å². The topological polar surface area (TPSA) is 29.5 Å². The summed E-state index contributed by atoms with van der Waals surface area (Å²) in [4.78, 5) is 0. The maximum absolute atomic E-state index is 11.9. The molecule has 0 rings (SSSR count). The molecule has 0 fully saturated rings. The van der Waals surface area contributed by atoms with Crippen LogP contribution in [0.1, 0.15) is 34.1 Å². The molecule has 5 heteroatoms. The SMILES string of the molecule is CC(C)(C)CC(C)(CO)COCC(F)(F)F. The quantitative estimate of drug-likeness (QED) is 0.803. The average molecular weight is 242 g/mol.